The highest BCUT2D eigenvalue weighted by Crippen LogP contribution is 2.21. The van der Waals surface area contributed by atoms with Crippen LogP contribution in [0.2, 0.25) is 0 Å². The quantitative estimate of drug-likeness (QED) is 0.424. The predicted octanol–water partition coefficient (Wildman–Crippen LogP) is 3.66. The van der Waals surface area contributed by atoms with Gasteiger partial charge in [0.15, 0.2) is 0 Å². The summed E-state index contributed by atoms with van der Waals surface area (Å²) in [6.45, 7) is 4.34. The van der Waals surface area contributed by atoms with Crippen LogP contribution < -0.4 is 5.32 Å². The molecule has 0 aromatic rings. The smallest absolute Gasteiger partial charge is 0.128 e. The van der Waals surface area contributed by atoms with Gasteiger partial charge in [0.2, 0.25) is 0 Å². The zero-order valence-electron chi connectivity index (χ0n) is 11.7. The fraction of sp³-hybridized carbons (Fsp3) is 0.750. The lowest BCUT2D eigenvalue weighted by Gasteiger charge is -2.11. The van der Waals surface area contributed by atoms with Crippen molar-refractivity contribution in [3.63, 3.8) is 0 Å². The topological polar surface area (TPSA) is 29.1 Å². The third-order valence-corrected chi connectivity index (χ3v) is 3.66. The van der Waals surface area contributed by atoms with Crippen molar-refractivity contribution in [3.8, 4) is 0 Å². The first kappa shape index (κ1) is 15.2. The van der Waals surface area contributed by atoms with Gasteiger partial charge in [0, 0.05) is 5.57 Å². The van der Waals surface area contributed by atoms with E-state index in [0.29, 0.717) is 5.92 Å². The van der Waals surface area contributed by atoms with E-state index in [0.717, 1.165) is 37.9 Å². The number of carbonyl (C=O) groups excluding carboxylic acids is 1. The lowest BCUT2D eigenvalue weighted by atomic mass is 9.92. The predicted molar refractivity (Wildman–Crippen MR) is 77.3 cm³/mol. The summed E-state index contributed by atoms with van der Waals surface area (Å²) in [6, 6.07) is 0. The molecule has 1 unspecified atom stereocenters. The summed E-state index contributed by atoms with van der Waals surface area (Å²) in [5.74, 6) is 2.57. The van der Waals surface area contributed by atoms with Crippen molar-refractivity contribution < 1.29 is 4.79 Å². The Bertz CT molecular complexity index is 281. The standard InChI is InChI=1S/C16H27NO/c1-2-3-4-5-6-7-9-16(14-18)15-10-8-12-17-13-11-15/h7,9,15,17H,2-6,8,10-13H2,1H3. The van der Waals surface area contributed by atoms with Crippen LogP contribution in [0.5, 0.6) is 0 Å². The van der Waals surface area contributed by atoms with Crippen molar-refractivity contribution in [1.82, 2.24) is 5.32 Å². The van der Waals surface area contributed by atoms with Crippen LogP contribution >= 0.6 is 0 Å². The second kappa shape index (κ2) is 10.1. The van der Waals surface area contributed by atoms with Crippen LogP contribution in [0.4, 0.5) is 0 Å². The lowest BCUT2D eigenvalue weighted by Crippen LogP contribution is -2.14. The molecule has 102 valence electrons. The normalized spacial score (nSPS) is 20.6. The van der Waals surface area contributed by atoms with Crippen LogP contribution in [0.3, 0.4) is 0 Å². The van der Waals surface area contributed by atoms with E-state index in [2.05, 4.69) is 24.3 Å². The second-order valence-corrected chi connectivity index (χ2v) is 5.19. The summed E-state index contributed by atoms with van der Waals surface area (Å²) >= 11 is 0. The molecule has 1 saturated heterocycles. The molecule has 0 spiro atoms. The van der Waals surface area contributed by atoms with Crippen LogP contribution in [0.1, 0.15) is 58.3 Å². The summed E-state index contributed by atoms with van der Waals surface area (Å²) in [6.07, 6.45) is 13.8. The number of hydrogen-bond acceptors (Lipinski definition) is 2. The van der Waals surface area contributed by atoms with E-state index in [1.807, 2.05) is 6.08 Å². The Labute approximate surface area is 112 Å². The van der Waals surface area contributed by atoms with E-state index in [1.165, 1.54) is 32.1 Å². The average Bonchev–Trinajstić information content (AvgIpc) is 2.67. The van der Waals surface area contributed by atoms with Crippen LogP contribution in [-0.4, -0.2) is 19.0 Å². The van der Waals surface area contributed by atoms with E-state index in [9.17, 15) is 4.79 Å². The SMILES string of the molecule is CCCCCCC=CC(=C=O)C1CCCNCC1. The molecule has 0 aromatic heterocycles. The Morgan fingerprint density at radius 3 is 2.94 bits per heavy atom. The Balaban J connectivity index is 2.32. The Morgan fingerprint density at radius 1 is 1.28 bits per heavy atom. The van der Waals surface area contributed by atoms with Gasteiger partial charge in [-0.3, -0.25) is 0 Å². The average molecular weight is 249 g/mol. The Kier molecular flexibility index (Phi) is 8.54. The van der Waals surface area contributed by atoms with Gasteiger partial charge in [-0.1, -0.05) is 38.3 Å². The molecular weight excluding hydrogens is 222 g/mol. The van der Waals surface area contributed by atoms with Gasteiger partial charge in [-0.2, -0.15) is 0 Å². The molecule has 0 amide bonds. The number of unbranched alkanes of at least 4 members (excludes halogenated alkanes) is 4. The van der Waals surface area contributed by atoms with Gasteiger partial charge in [-0.25, -0.2) is 4.79 Å². The van der Waals surface area contributed by atoms with Crippen molar-refractivity contribution in [3.05, 3.63) is 17.7 Å². The summed E-state index contributed by atoms with van der Waals surface area (Å²) in [4.78, 5) is 11.0. The molecule has 1 rings (SSSR count). The second-order valence-electron chi connectivity index (χ2n) is 5.19. The molecule has 0 bridgehead atoms. The first-order chi connectivity index (χ1) is 8.88. The fourth-order valence-corrected chi connectivity index (χ4v) is 2.48. The zero-order valence-corrected chi connectivity index (χ0v) is 11.7. The maximum Gasteiger partial charge on any atom is 0.128 e. The highest BCUT2D eigenvalue weighted by atomic mass is 16.1. The van der Waals surface area contributed by atoms with Crippen molar-refractivity contribution in [2.45, 2.75) is 58.3 Å². The Morgan fingerprint density at radius 2 is 2.17 bits per heavy atom. The molecule has 0 aliphatic carbocycles. The molecule has 1 fully saturated rings. The third-order valence-electron chi connectivity index (χ3n) is 3.66. The summed E-state index contributed by atoms with van der Waals surface area (Å²) in [5.41, 5.74) is 0.884. The molecule has 0 aromatic carbocycles. The minimum atomic E-state index is 0.421. The summed E-state index contributed by atoms with van der Waals surface area (Å²) < 4.78 is 0. The van der Waals surface area contributed by atoms with Crippen molar-refractivity contribution in [2.75, 3.05) is 13.1 Å². The van der Waals surface area contributed by atoms with Gasteiger partial charge in [0.25, 0.3) is 0 Å². The van der Waals surface area contributed by atoms with Crippen molar-refractivity contribution in [1.29, 1.82) is 0 Å². The monoisotopic (exact) mass is 249 g/mol. The molecule has 1 aliphatic rings. The van der Waals surface area contributed by atoms with Crippen LogP contribution in [-0.2, 0) is 4.79 Å². The largest absolute Gasteiger partial charge is 0.317 e. The van der Waals surface area contributed by atoms with E-state index in [4.69, 9.17) is 0 Å². The zero-order chi connectivity index (χ0) is 13.1. The minimum Gasteiger partial charge on any atom is -0.317 e. The summed E-state index contributed by atoms with van der Waals surface area (Å²) in [5, 5.41) is 3.38. The molecule has 2 heteroatoms. The lowest BCUT2D eigenvalue weighted by molar-refractivity contribution is 0.537. The van der Waals surface area contributed by atoms with E-state index in [1.54, 1.807) is 0 Å². The third kappa shape index (κ3) is 6.18. The van der Waals surface area contributed by atoms with Gasteiger partial charge >= 0.3 is 0 Å². The first-order valence-corrected chi connectivity index (χ1v) is 7.50. The number of allylic oxidation sites excluding steroid dienone is 3. The molecular formula is C16H27NO. The number of hydrogen-bond donors (Lipinski definition) is 1. The molecule has 1 heterocycles. The maximum atomic E-state index is 11.0. The van der Waals surface area contributed by atoms with Gasteiger partial charge in [0.1, 0.15) is 5.94 Å². The molecule has 1 atom stereocenters. The first-order valence-electron chi connectivity index (χ1n) is 7.50. The molecule has 0 radical (unpaired) electrons. The highest BCUT2D eigenvalue weighted by molar-refractivity contribution is 5.58. The van der Waals surface area contributed by atoms with Gasteiger partial charge in [-0.05, 0) is 51.1 Å². The number of rotatable bonds is 7. The van der Waals surface area contributed by atoms with E-state index in [-0.39, 0.29) is 0 Å². The van der Waals surface area contributed by atoms with Crippen molar-refractivity contribution in [2.24, 2.45) is 5.92 Å². The van der Waals surface area contributed by atoms with Crippen LogP contribution in [0.25, 0.3) is 0 Å². The molecule has 1 N–H and O–H groups in total. The van der Waals surface area contributed by atoms with Gasteiger partial charge in [-0.15, -0.1) is 0 Å². The summed E-state index contributed by atoms with van der Waals surface area (Å²) in [7, 11) is 0. The van der Waals surface area contributed by atoms with Gasteiger partial charge in [0.05, 0.1) is 0 Å². The van der Waals surface area contributed by atoms with Gasteiger partial charge < -0.3 is 5.32 Å². The van der Waals surface area contributed by atoms with Crippen LogP contribution in [0, 0.1) is 5.92 Å². The van der Waals surface area contributed by atoms with E-state index < -0.39 is 0 Å². The molecule has 0 saturated carbocycles. The Hall–Kier alpha value is -0.850. The number of nitrogens with one attached hydrogen (secondary N) is 1. The fourth-order valence-electron chi connectivity index (χ4n) is 2.48. The van der Waals surface area contributed by atoms with Crippen molar-refractivity contribution >= 4 is 5.94 Å². The highest BCUT2D eigenvalue weighted by Gasteiger charge is 2.15. The molecule has 2 nitrogen and oxygen atoms in total. The van der Waals surface area contributed by atoms with E-state index >= 15 is 0 Å². The molecule has 18 heavy (non-hydrogen) atoms. The van der Waals surface area contributed by atoms with Crippen LogP contribution in [0.15, 0.2) is 17.7 Å². The maximum absolute atomic E-state index is 11.0. The minimum absolute atomic E-state index is 0.421. The molecule has 1 aliphatic heterocycles.